The largest absolute Gasteiger partial charge is 0.357 e. The van der Waals surface area contributed by atoms with E-state index in [2.05, 4.69) is 10.3 Å². The van der Waals surface area contributed by atoms with E-state index in [1.807, 2.05) is 0 Å². The molecule has 1 aromatic rings. The maximum absolute atomic E-state index is 11.2. The molecule has 0 aliphatic rings. The van der Waals surface area contributed by atoms with Crippen LogP contribution in [0.4, 0.5) is 0 Å². The fourth-order valence-corrected chi connectivity index (χ4v) is 0.919. The number of ketones is 1. The van der Waals surface area contributed by atoms with Gasteiger partial charge >= 0.3 is 0 Å². The van der Waals surface area contributed by atoms with Crippen LogP contribution >= 0.6 is 0 Å². The Balaban J connectivity index is 2.31. The number of rotatable bonds is 4. The summed E-state index contributed by atoms with van der Waals surface area (Å²) in [5.41, 5.74) is 0.517. The van der Waals surface area contributed by atoms with Crippen molar-refractivity contribution in [2.75, 3.05) is 6.54 Å². The van der Waals surface area contributed by atoms with Gasteiger partial charge in [0.2, 0.25) is 0 Å². The summed E-state index contributed by atoms with van der Waals surface area (Å²) in [6.45, 7) is 1.90. The van der Waals surface area contributed by atoms with Gasteiger partial charge in [0.15, 0.2) is 0 Å². The van der Waals surface area contributed by atoms with Gasteiger partial charge in [-0.1, -0.05) is 0 Å². The molecular formula is C9H12N2O2. The fourth-order valence-electron chi connectivity index (χ4n) is 0.919. The minimum Gasteiger partial charge on any atom is -0.357 e. The van der Waals surface area contributed by atoms with Gasteiger partial charge in [0, 0.05) is 19.2 Å². The molecule has 13 heavy (non-hydrogen) atoms. The third kappa shape index (κ3) is 3.11. The number of nitrogens with one attached hydrogen (secondary N) is 2. The molecule has 0 aliphatic carbocycles. The molecule has 0 saturated heterocycles. The Kier molecular flexibility index (Phi) is 3.25. The number of carbonyl (C=O) groups excluding carboxylic acids is 2. The summed E-state index contributed by atoms with van der Waals surface area (Å²) in [5, 5.41) is 2.63. The Morgan fingerprint density at radius 1 is 1.54 bits per heavy atom. The van der Waals surface area contributed by atoms with E-state index in [4.69, 9.17) is 0 Å². The quantitative estimate of drug-likeness (QED) is 0.717. The molecule has 4 heteroatoms. The molecule has 1 aromatic heterocycles. The van der Waals surface area contributed by atoms with E-state index < -0.39 is 0 Å². The molecule has 0 fully saturated rings. The second-order valence-electron chi connectivity index (χ2n) is 2.79. The first-order valence-corrected chi connectivity index (χ1v) is 4.11. The van der Waals surface area contributed by atoms with Gasteiger partial charge in [-0.25, -0.2) is 0 Å². The lowest BCUT2D eigenvalue weighted by Crippen LogP contribution is -2.25. The summed E-state index contributed by atoms with van der Waals surface area (Å²) < 4.78 is 0. The summed E-state index contributed by atoms with van der Waals surface area (Å²) in [7, 11) is 0. The summed E-state index contributed by atoms with van der Waals surface area (Å²) in [5.74, 6) is -0.0990. The number of hydrogen-bond donors (Lipinski definition) is 2. The van der Waals surface area contributed by atoms with Gasteiger partial charge in [-0.2, -0.15) is 0 Å². The van der Waals surface area contributed by atoms with Gasteiger partial charge in [0.25, 0.3) is 5.91 Å². The monoisotopic (exact) mass is 180 g/mol. The third-order valence-electron chi connectivity index (χ3n) is 1.61. The zero-order valence-corrected chi connectivity index (χ0v) is 7.46. The number of amides is 1. The number of carbonyl (C=O) groups is 2. The SMILES string of the molecule is CC(=O)CCNC(=O)c1ccc[nH]1. The Morgan fingerprint density at radius 3 is 2.85 bits per heavy atom. The van der Waals surface area contributed by atoms with Crippen LogP contribution in [0.25, 0.3) is 0 Å². The van der Waals surface area contributed by atoms with Crippen molar-refractivity contribution < 1.29 is 9.59 Å². The van der Waals surface area contributed by atoms with E-state index >= 15 is 0 Å². The molecule has 0 spiro atoms. The summed E-state index contributed by atoms with van der Waals surface area (Å²) >= 11 is 0. The van der Waals surface area contributed by atoms with Crippen LogP contribution in [0.1, 0.15) is 23.8 Å². The van der Waals surface area contributed by atoms with E-state index in [0.29, 0.717) is 18.7 Å². The first-order valence-electron chi connectivity index (χ1n) is 4.11. The lowest BCUT2D eigenvalue weighted by atomic mass is 10.3. The van der Waals surface area contributed by atoms with E-state index in [9.17, 15) is 9.59 Å². The molecule has 0 unspecified atom stereocenters. The van der Waals surface area contributed by atoms with Gasteiger partial charge in [-0.3, -0.25) is 9.59 Å². The molecule has 0 atom stereocenters. The number of aromatic nitrogens is 1. The maximum atomic E-state index is 11.2. The van der Waals surface area contributed by atoms with Gasteiger partial charge in [-0.05, 0) is 19.1 Å². The number of Topliss-reactive ketones (excluding diaryl/α,β-unsaturated/α-hetero) is 1. The van der Waals surface area contributed by atoms with Crippen LogP contribution in [0, 0.1) is 0 Å². The second-order valence-corrected chi connectivity index (χ2v) is 2.79. The van der Waals surface area contributed by atoms with Crippen molar-refractivity contribution in [1.82, 2.24) is 10.3 Å². The van der Waals surface area contributed by atoms with Crippen LogP contribution in [0.2, 0.25) is 0 Å². The standard InChI is InChI=1S/C9H12N2O2/c1-7(12)4-6-11-9(13)8-3-2-5-10-8/h2-3,5,10H,4,6H2,1H3,(H,11,13). The average Bonchev–Trinajstić information content (AvgIpc) is 2.55. The van der Waals surface area contributed by atoms with Gasteiger partial charge in [0.1, 0.15) is 11.5 Å². The highest BCUT2D eigenvalue weighted by molar-refractivity contribution is 5.92. The zero-order valence-electron chi connectivity index (χ0n) is 7.46. The lowest BCUT2D eigenvalue weighted by Gasteiger charge is -2.00. The highest BCUT2D eigenvalue weighted by Gasteiger charge is 2.04. The van der Waals surface area contributed by atoms with Crippen molar-refractivity contribution in [3.8, 4) is 0 Å². The summed E-state index contributed by atoms with van der Waals surface area (Å²) in [4.78, 5) is 24.6. The predicted molar refractivity (Wildman–Crippen MR) is 48.4 cm³/mol. The minimum atomic E-state index is -0.175. The number of hydrogen-bond acceptors (Lipinski definition) is 2. The van der Waals surface area contributed by atoms with Gasteiger partial charge in [0.05, 0.1) is 0 Å². The first kappa shape index (κ1) is 9.51. The second kappa shape index (κ2) is 4.45. The molecule has 0 bridgehead atoms. The zero-order chi connectivity index (χ0) is 9.68. The van der Waals surface area contributed by atoms with Crippen LogP contribution in [0.5, 0.6) is 0 Å². The van der Waals surface area contributed by atoms with Crippen molar-refractivity contribution in [1.29, 1.82) is 0 Å². The van der Waals surface area contributed by atoms with Crippen molar-refractivity contribution in [3.63, 3.8) is 0 Å². The average molecular weight is 180 g/mol. The molecule has 2 N–H and O–H groups in total. The topological polar surface area (TPSA) is 62.0 Å². The Hall–Kier alpha value is -1.58. The molecule has 0 aromatic carbocycles. The Bertz CT molecular complexity index is 291. The van der Waals surface area contributed by atoms with Crippen molar-refractivity contribution in [2.45, 2.75) is 13.3 Å². The molecule has 0 aliphatic heterocycles. The van der Waals surface area contributed by atoms with Crippen LogP contribution < -0.4 is 5.32 Å². The molecule has 4 nitrogen and oxygen atoms in total. The fraction of sp³-hybridized carbons (Fsp3) is 0.333. The first-order chi connectivity index (χ1) is 6.20. The van der Waals surface area contributed by atoms with E-state index in [1.165, 1.54) is 6.92 Å². The molecule has 1 amide bonds. The molecule has 0 saturated carbocycles. The highest BCUT2D eigenvalue weighted by Crippen LogP contribution is 1.93. The minimum absolute atomic E-state index is 0.0757. The number of aromatic amines is 1. The summed E-state index contributed by atoms with van der Waals surface area (Å²) in [6, 6.07) is 3.43. The predicted octanol–water partition coefficient (Wildman–Crippen LogP) is 0.724. The van der Waals surface area contributed by atoms with Crippen LogP contribution in [0.15, 0.2) is 18.3 Å². The Labute approximate surface area is 76.3 Å². The van der Waals surface area contributed by atoms with E-state index in [0.717, 1.165) is 0 Å². The van der Waals surface area contributed by atoms with E-state index in [1.54, 1.807) is 18.3 Å². The van der Waals surface area contributed by atoms with Crippen molar-refractivity contribution in [3.05, 3.63) is 24.0 Å². The highest BCUT2D eigenvalue weighted by atomic mass is 16.2. The van der Waals surface area contributed by atoms with E-state index in [-0.39, 0.29) is 11.7 Å². The molecular weight excluding hydrogens is 168 g/mol. The maximum Gasteiger partial charge on any atom is 0.267 e. The normalized spacial score (nSPS) is 9.62. The molecule has 1 rings (SSSR count). The molecule has 70 valence electrons. The molecule has 0 radical (unpaired) electrons. The van der Waals surface area contributed by atoms with Gasteiger partial charge < -0.3 is 10.3 Å². The van der Waals surface area contributed by atoms with Crippen LogP contribution in [-0.4, -0.2) is 23.2 Å². The number of H-pyrrole nitrogens is 1. The lowest BCUT2D eigenvalue weighted by molar-refractivity contribution is -0.116. The van der Waals surface area contributed by atoms with Crippen LogP contribution in [-0.2, 0) is 4.79 Å². The molecule has 1 heterocycles. The van der Waals surface area contributed by atoms with Gasteiger partial charge in [-0.15, -0.1) is 0 Å². The summed E-state index contributed by atoms with van der Waals surface area (Å²) in [6.07, 6.45) is 2.06. The van der Waals surface area contributed by atoms with Crippen LogP contribution in [0.3, 0.4) is 0 Å². The smallest absolute Gasteiger partial charge is 0.267 e. The Morgan fingerprint density at radius 2 is 2.31 bits per heavy atom. The third-order valence-corrected chi connectivity index (χ3v) is 1.61. The van der Waals surface area contributed by atoms with Crippen molar-refractivity contribution >= 4 is 11.7 Å². The van der Waals surface area contributed by atoms with Crippen molar-refractivity contribution in [2.24, 2.45) is 0 Å².